The van der Waals surface area contributed by atoms with Crippen LogP contribution < -0.4 is 51.4 Å². The first kappa shape index (κ1) is 17.9. The molecule has 2 N–H and O–H groups in total. The molecule has 10 heavy (non-hydrogen) atoms. The van der Waals surface area contributed by atoms with Gasteiger partial charge >= 0.3 is 57.5 Å². The summed E-state index contributed by atoms with van der Waals surface area (Å²) in [5.41, 5.74) is 0. The molecule has 56 valence electrons. The van der Waals surface area contributed by atoms with Crippen LogP contribution in [0.1, 0.15) is 6.92 Å². The second-order valence-corrected chi connectivity index (χ2v) is 4.05. The predicted molar refractivity (Wildman–Crippen MR) is 43.7 cm³/mol. The smallest absolute Gasteiger partial charge is 0.707 e. The third-order valence-corrected chi connectivity index (χ3v) is 2.36. The van der Waals surface area contributed by atoms with E-state index in [-0.39, 0.29) is 51.4 Å². The molecular weight excluding hydrogens is 219 g/mol. The molecule has 0 aliphatic heterocycles. The number of carboxylic acid groups (broad SMARTS) is 2. The van der Waals surface area contributed by atoms with Crippen molar-refractivity contribution < 1.29 is 66.4 Å². The zero-order valence-corrected chi connectivity index (χ0v) is 11.3. The molecule has 0 radical (unpaired) electrons. The van der Waals surface area contributed by atoms with E-state index >= 15 is 0 Å². The van der Waals surface area contributed by atoms with Crippen molar-refractivity contribution in [3.05, 3.63) is 0 Å². The van der Waals surface area contributed by atoms with E-state index in [1.807, 2.05) is 0 Å². The van der Waals surface area contributed by atoms with Crippen molar-refractivity contribution in [3.63, 3.8) is 0 Å². The number of hydrogen-bond donors (Lipinski definition) is 2. The molecule has 0 aromatic heterocycles. The Morgan fingerprint density at radius 2 is 1.90 bits per heavy atom. The number of rotatable bonds is 2. The van der Waals surface area contributed by atoms with Crippen molar-refractivity contribution in [1.82, 2.24) is 0 Å². The summed E-state index contributed by atoms with van der Waals surface area (Å²) in [6.07, 6.45) is -1.83. The van der Waals surface area contributed by atoms with E-state index in [9.17, 15) is 0 Å². The van der Waals surface area contributed by atoms with Crippen molar-refractivity contribution in [3.8, 4) is 0 Å². The molecule has 0 rings (SSSR count). The van der Waals surface area contributed by atoms with Crippen LogP contribution in [0.5, 0.6) is 0 Å². The van der Waals surface area contributed by atoms with E-state index in [1.54, 1.807) is 10.8 Å². The van der Waals surface area contributed by atoms with Crippen molar-refractivity contribution in [2.75, 3.05) is 5.75 Å². The second-order valence-electron chi connectivity index (χ2n) is 0.757. The largest absolute Gasteiger partial charge is 1.00 e. The third kappa shape index (κ3) is 51.0. The summed E-state index contributed by atoms with van der Waals surface area (Å²) in [7, 11) is 3.10. The normalized spacial score (nSPS) is 6.60. The fourth-order valence-electron chi connectivity index (χ4n) is 0.0481. The van der Waals surface area contributed by atoms with Gasteiger partial charge in [0.25, 0.3) is 0 Å². The van der Waals surface area contributed by atoms with Gasteiger partial charge in [-0.1, -0.05) is 6.92 Å². The zero-order chi connectivity index (χ0) is 7.70. The van der Waals surface area contributed by atoms with Gasteiger partial charge in [-0.25, -0.2) is 4.79 Å². The predicted octanol–water partition coefficient (Wildman–Crippen LogP) is -0.924. The average molecular weight is 226 g/mol. The monoisotopic (exact) mass is 226 g/mol. The summed E-state index contributed by atoms with van der Waals surface area (Å²) >= 11 is 4.53. The van der Waals surface area contributed by atoms with Gasteiger partial charge in [-0.2, -0.15) is 0 Å². The van der Waals surface area contributed by atoms with Gasteiger partial charge in [0.15, 0.2) is 0 Å². The Labute approximate surface area is 115 Å². The van der Waals surface area contributed by atoms with Gasteiger partial charge in [-0.15, -0.1) is 10.8 Å². The van der Waals surface area contributed by atoms with Crippen LogP contribution in [0.15, 0.2) is 0 Å². The Bertz CT molecular complexity index is 66.0. The van der Waals surface area contributed by atoms with Gasteiger partial charge in [-0.3, -0.25) is 9.83 Å². The molecule has 0 saturated carbocycles. The number of hydrogen-bond acceptors (Lipinski definition) is 4. The van der Waals surface area contributed by atoms with Crippen LogP contribution >= 0.6 is 20.6 Å². The molecule has 0 bridgehead atoms. The summed E-state index contributed by atoms with van der Waals surface area (Å²) in [5.74, 6) is 1.12. The maximum absolute atomic E-state index is 8.56. The van der Waals surface area contributed by atoms with Crippen molar-refractivity contribution in [1.29, 1.82) is 0 Å². The topological polar surface area (TPSA) is 57.5 Å². The summed E-state index contributed by atoms with van der Waals surface area (Å²) < 4.78 is 0. The molecule has 0 unspecified atom stereocenters. The molecule has 0 aliphatic carbocycles. The number of carbonyl (C=O) groups is 1. The maximum atomic E-state index is 8.56. The second kappa shape index (κ2) is 17.2. The first-order chi connectivity index (χ1) is 4.15. The Balaban J connectivity index is -0.0000000910. The van der Waals surface area contributed by atoms with Crippen LogP contribution in [0.4, 0.5) is 4.79 Å². The molecule has 0 aliphatic rings. The minimum absolute atomic E-state index is 0. The third-order valence-electron chi connectivity index (χ3n) is 0.166. The van der Waals surface area contributed by atoms with Crippen molar-refractivity contribution in [2.24, 2.45) is 0 Å². The van der Waals surface area contributed by atoms with E-state index in [4.69, 9.17) is 15.0 Å². The Hall–Kier alpha value is 1.96. The molecule has 0 saturated heterocycles. The SMILES string of the molecule is CCSS[S-].O=C(O)O.[K+]. The van der Waals surface area contributed by atoms with Crippen molar-refractivity contribution in [2.45, 2.75) is 6.92 Å². The van der Waals surface area contributed by atoms with E-state index in [0.717, 1.165) is 5.75 Å². The summed E-state index contributed by atoms with van der Waals surface area (Å²) in [6, 6.07) is 0. The van der Waals surface area contributed by atoms with Gasteiger partial charge in [0, 0.05) is 0 Å². The zero-order valence-electron chi connectivity index (χ0n) is 5.73. The van der Waals surface area contributed by atoms with E-state index in [1.165, 1.54) is 9.83 Å². The summed E-state index contributed by atoms with van der Waals surface area (Å²) in [4.78, 5) is 8.56. The fourth-order valence-corrected chi connectivity index (χ4v) is 1.30. The molecule has 0 atom stereocenters. The van der Waals surface area contributed by atoms with E-state index < -0.39 is 6.16 Å². The Kier molecular flexibility index (Phi) is 30.7. The molecule has 0 heterocycles. The molecular formula is C3H7KO3S3. The van der Waals surface area contributed by atoms with E-state index in [0.29, 0.717) is 0 Å². The van der Waals surface area contributed by atoms with Crippen LogP contribution in [0.3, 0.4) is 0 Å². The molecule has 3 nitrogen and oxygen atoms in total. The molecule has 0 spiro atoms. The van der Waals surface area contributed by atoms with Gasteiger partial charge in [0.05, 0.1) is 0 Å². The Morgan fingerprint density at radius 1 is 1.60 bits per heavy atom. The first-order valence-corrected chi connectivity index (χ1v) is 5.22. The van der Waals surface area contributed by atoms with Crippen LogP contribution in [-0.4, -0.2) is 22.1 Å². The van der Waals surface area contributed by atoms with Crippen LogP contribution in [0, 0.1) is 0 Å². The van der Waals surface area contributed by atoms with Crippen molar-refractivity contribution >= 4 is 38.4 Å². The molecule has 0 aromatic rings. The summed E-state index contributed by atoms with van der Waals surface area (Å²) in [5, 5.41) is 13.9. The Morgan fingerprint density at radius 3 is 1.90 bits per heavy atom. The van der Waals surface area contributed by atoms with E-state index in [2.05, 4.69) is 18.6 Å². The van der Waals surface area contributed by atoms with Crippen LogP contribution in [-0.2, 0) is 11.7 Å². The van der Waals surface area contributed by atoms with Gasteiger partial charge in [-0.05, 0) is 5.75 Å². The molecule has 0 amide bonds. The maximum Gasteiger partial charge on any atom is 1.00 e. The summed E-state index contributed by atoms with van der Waals surface area (Å²) in [6.45, 7) is 2.09. The van der Waals surface area contributed by atoms with Crippen LogP contribution in [0.25, 0.3) is 0 Å². The van der Waals surface area contributed by atoms with Crippen LogP contribution in [0.2, 0.25) is 0 Å². The quantitative estimate of drug-likeness (QED) is 0.361. The minimum Gasteiger partial charge on any atom is -0.707 e. The molecule has 0 aromatic carbocycles. The fraction of sp³-hybridized carbons (Fsp3) is 0.667. The van der Waals surface area contributed by atoms with Gasteiger partial charge < -0.3 is 21.9 Å². The molecule has 7 heteroatoms. The average Bonchev–Trinajstić information content (AvgIpc) is 1.66. The minimum atomic E-state index is -1.83. The standard InChI is InChI=1S/C2H6S3.CH2O3.K/c1-2-4-5-3;2-1(3)4;/h3H,2H2,1H3;(H2,2,3,4);/q;;+1/p-1. The van der Waals surface area contributed by atoms with Gasteiger partial charge in [0.1, 0.15) is 0 Å². The molecule has 0 fully saturated rings. The first-order valence-electron chi connectivity index (χ1n) is 1.98. The van der Waals surface area contributed by atoms with Gasteiger partial charge in [0.2, 0.25) is 0 Å².